The third-order valence-corrected chi connectivity index (χ3v) is 5.11. The van der Waals surface area contributed by atoms with Crippen molar-refractivity contribution in [2.24, 2.45) is 5.73 Å². The highest BCUT2D eigenvalue weighted by Gasteiger charge is 2.24. The Morgan fingerprint density at radius 1 is 1.30 bits per heavy atom. The molecule has 8 heteroatoms. The number of nitrogens with two attached hydrogens (primary N) is 1. The molecule has 2 N–H and O–H groups in total. The number of piperazine rings is 1. The highest BCUT2D eigenvalue weighted by molar-refractivity contribution is 9.10. The van der Waals surface area contributed by atoms with Crippen molar-refractivity contribution in [2.45, 2.75) is 6.42 Å². The SMILES string of the molecule is NCCc1nc(C(=O)N2CCN(c3ccc(Br)cn3)CC2)cs1. The summed E-state index contributed by atoms with van der Waals surface area (Å²) < 4.78 is 0.965. The first kappa shape index (κ1) is 16.4. The summed E-state index contributed by atoms with van der Waals surface area (Å²) in [6.45, 7) is 3.47. The summed E-state index contributed by atoms with van der Waals surface area (Å²) in [5.74, 6) is 0.951. The van der Waals surface area contributed by atoms with E-state index in [9.17, 15) is 4.79 Å². The van der Waals surface area contributed by atoms with Crippen molar-refractivity contribution in [1.29, 1.82) is 0 Å². The van der Waals surface area contributed by atoms with Crippen molar-refractivity contribution in [3.8, 4) is 0 Å². The number of nitrogens with zero attached hydrogens (tertiary/aromatic N) is 4. The van der Waals surface area contributed by atoms with Crippen LogP contribution in [-0.4, -0.2) is 53.5 Å². The molecule has 0 radical (unpaired) electrons. The van der Waals surface area contributed by atoms with Gasteiger partial charge >= 0.3 is 0 Å². The fourth-order valence-corrected chi connectivity index (χ4v) is 3.53. The van der Waals surface area contributed by atoms with Crippen LogP contribution in [0.25, 0.3) is 0 Å². The monoisotopic (exact) mass is 395 g/mol. The van der Waals surface area contributed by atoms with Crippen molar-refractivity contribution >= 4 is 39.0 Å². The van der Waals surface area contributed by atoms with E-state index in [1.165, 1.54) is 11.3 Å². The molecule has 1 aliphatic heterocycles. The number of anilines is 1. The number of rotatable bonds is 4. The van der Waals surface area contributed by atoms with Crippen LogP contribution in [0.1, 0.15) is 15.5 Å². The second-order valence-electron chi connectivity index (χ2n) is 5.28. The standard InChI is InChI=1S/C15H18BrN5OS/c16-11-1-2-13(18-9-11)20-5-7-21(8-6-20)15(22)12-10-23-14(19-12)3-4-17/h1-2,9-10H,3-8,17H2. The number of thiazole rings is 1. The Morgan fingerprint density at radius 3 is 2.74 bits per heavy atom. The molecule has 1 amide bonds. The van der Waals surface area contributed by atoms with Crippen LogP contribution < -0.4 is 10.6 Å². The van der Waals surface area contributed by atoms with Gasteiger partial charge in [-0.3, -0.25) is 4.79 Å². The molecule has 0 aliphatic carbocycles. The van der Waals surface area contributed by atoms with Crippen LogP contribution in [0.4, 0.5) is 5.82 Å². The molecular weight excluding hydrogens is 378 g/mol. The summed E-state index contributed by atoms with van der Waals surface area (Å²) in [6.07, 6.45) is 2.52. The molecular formula is C15H18BrN5OS. The van der Waals surface area contributed by atoms with Crippen molar-refractivity contribution in [2.75, 3.05) is 37.6 Å². The van der Waals surface area contributed by atoms with E-state index in [2.05, 4.69) is 30.8 Å². The topological polar surface area (TPSA) is 75.3 Å². The van der Waals surface area contributed by atoms with Crippen molar-refractivity contribution < 1.29 is 4.79 Å². The first-order valence-corrected chi connectivity index (χ1v) is 9.15. The fourth-order valence-electron chi connectivity index (χ4n) is 2.50. The smallest absolute Gasteiger partial charge is 0.273 e. The Morgan fingerprint density at radius 2 is 2.09 bits per heavy atom. The minimum atomic E-state index is 0.00735. The summed E-state index contributed by atoms with van der Waals surface area (Å²) >= 11 is 4.89. The molecule has 3 rings (SSSR count). The molecule has 0 aromatic carbocycles. The Hall–Kier alpha value is -1.51. The summed E-state index contributed by atoms with van der Waals surface area (Å²) in [4.78, 5) is 25.3. The zero-order chi connectivity index (χ0) is 16.2. The molecule has 1 aliphatic rings. The third-order valence-electron chi connectivity index (χ3n) is 3.73. The van der Waals surface area contributed by atoms with Gasteiger partial charge in [0.1, 0.15) is 11.5 Å². The largest absolute Gasteiger partial charge is 0.353 e. The normalized spacial score (nSPS) is 15.0. The van der Waals surface area contributed by atoms with Crippen LogP contribution in [0, 0.1) is 0 Å². The molecule has 0 spiro atoms. The Balaban J connectivity index is 1.59. The number of carbonyl (C=O) groups excluding carboxylic acids is 1. The zero-order valence-corrected chi connectivity index (χ0v) is 15.0. The van der Waals surface area contributed by atoms with E-state index in [0.29, 0.717) is 25.3 Å². The van der Waals surface area contributed by atoms with Gasteiger partial charge in [0.05, 0.1) is 5.01 Å². The van der Waals surface area contributed by atoms with Gasteiger partial charge in [-0.15, -0.1) is 11.3 Å². The van der Waals surface area contributed by atoms with Crippen LogP contribution in [0.5, 0.6) is 0 Å². The van der Waals surface area contributed by atoms with Gasteiger partial charge in [-0.1, -0.05) is 0 Å². The van der Waals surface area contributed by atoms with Crippen molar-refractivity contribution in [3.63, 3.8) is 0 Å². The number of amides is 1. The molecule has 0 bridgehead atoms. The maximum atomic E-state index is 12.5. The molecule has 2 aromatic heterocycles. The van der Waals surface area contributed by atoms with E-state index in [4.69, 9.17) is 5.73 Å². The van der Waals surface area contributed by atoms with Gasteiger partial charge in [-0.2, -0.15) is 0 Å². The predicted octanol–water partition coefficient (Wildman–Crippen LogP) is 1.76. The molecule has 122 valence electrons. The van der Waals surface area contributed by atoms with Gasteiger partial charge in [0.25, 0.3) is 5.91 Å². The quantitative estimate of drug-likeness (QED) is 0.853. The fraction of sp³-hybridized carbons (Fsp3) is 0.400. The van der Waals surface area contributed by atoms with E-state index in [-0.39, 0.29) is 5.91 Å². The van der Waals surface area contributed by atoms with Crippen molar-refractivity contribution in [1.82, 2.24) is 14.9 Å². The maximum absolute atomic E-state index is 12.5. The number of pyridine rings is 1. The van der Waals surface area contributed by atoms with Gasteiger partial charge in [0, 0.05) is 48.6 Å². The van der Waals surface area contributed by atoms with Gasteiger partial charge in [0.15, 0.2) is 0 Å². The highest BCUT2D eigenvalue weighted by atomic mass is 79.9. The minimum Gasteiger partial charge on any atom is -0.353 e. The van der Waals surface area contributed by atoms with Gasteiger partial charge in [-0.05, 0) is 34.6 Å². The lowest BCUT2D eigenvalue weighted by molar-refractivity contribution is 0.0741. The first-order valence-electron chi connectivity index (χ1n) is 7.47. The molecule has 3 heterocycles. The molecule has 0 unspecified atom stereocenters. The van der Waals surface area contributed by atoms with E-state index in [0.717, 1.165) is 34.8 Å². The minimum absolute atomic E-state index is 0.00735. The lowest BCUT2D eigenvalue weighted by Crippen LogP contribution is -2.49. The van der Waals surface area contributed by atoms with Gasteiger partial charge < -0.3 is 15.5 Å². The lowest BCUT2D eigenvalue weighted by atomic mass is 10.2. The van der Waals surface area contributed by atoms with E-state index in [1.54, 1.807) is 6.20 Å². The maximum Gasteiger partial charge on any atom is 0.273 e. The lowest BCUT2D eigenvalue weighted by Gasteiger charge is -2.35. The van der Waals surface area contributed by atoms with Crippen LogP contribution in [0.15, 0.2) is 28.2 Å². The zero-order valence-electron chi connectivity index (χ0n) is 12.6. The summed E-state index contributed by atoms with van der Waals surface area (Å²) in [6, 6.07) is 3.97. The molecule has 0 atom stereocenters. The molecule has 6 nitrogen and oxygen atoms in total. The number of carbonyl (C=O) groups is 1. The van der Waals surface area contributed by atoms with Crippen LogP contribution in [-0.2, 0) is 6.42 Å². The summed E-state index contributed by atoms with van der Waals surface area (Å²) in [5.41, 5.74) is 6.06. The van der Waals surface area contributed by atoms with Gasteiger partial charge in [-0.25, -0.2) is 9.97 Å². The van der Waals surface area contributed by atoms with Crippen LogP contribution >= 0.6 is 27.3 Å². The summed E-state index contributed by atoms with van der Waals surface area (Å²) in [7, 11) is 0. The average Bonchev–Trinajstić information content (AvgIpc) is 3.04. The average molecular weight is 396 g/mol. The number of hydrogen-bond acceptors (Lipinski definition) is 6. The van der Waals surface area contributed by atoms with Gasteiger partial charge in [0.2, 0.25) is 0 Å². The number of hydrogen-bond donors (Lipinski definition) is 1. The molecule has 1 fully saturated rings. The third kappa shape index (κ3) is 3.88. The van der Waals surface area contributed by atoms with E-state index >= 15 is 0 Å². The molecule has 0 saturated carbocycles. The number of aromatic nitrogens is 2. The van der Waals surface area contributed by atoms with Crippen LogP contribution in [0.2, 0.25) is 0 Å². The molecule has 2 aromatic rings. The second kappa shape index (κ2) is 7.37. The summed E-state index contributed by atoms with van der Waals surface area (Å²) in [5, 5.41) is 2.75. The Kier molecular flexibility index (Phi) is 5.24. The first-order chi connectivity index (χ1) is 11.2. The van der Waals surface area contributed by atoms with Crippen LogP contribution in [0.3, 0.4) is 0 Å². The second-order valence-corrected chi connectivity index (χ2v) is 7.14. The Labute approximate surface area is 147 Å². The molecule has 1 saturated heterocycles. The predicted molar refractivity (Wildman–Crippen MR) is 94.9 cm³/mol. The molecule has 23 heavy (non-hydrogen) atoms. The number of halogens is 1. The van der Waals surface area contributed by atoms with Crippen molar-refractivity contribution in [3.05, 3.63) is 38.9 Å². The Bertz CT molecular complexity index is 667. The van der Waals surface area contributed by atoms with E-state index < -0.39 is 0 Å². The van der Waals surface area contributed by atoms with E-state index in [1.807, 2.05) is 22.4 Å². The highest BCUT2D eigenvalue weighted by Crippen LogP contribution is 2.18.